The third-order valence-electron chi connectivity index (χ3n) is 4.86. The number of sulfonamides is 1. The van der Waals surface area contributed by atoms with Crippen molar-refractivity contribution in [3.05, 3.63) is 71.0 Å². The summed E-state index contributed by atoms with van der Waals surface area (Å²) in [4.78, 5) is 4.19. The first kappa shape index (κ1) is 25.5. The van der Waals surface area contributed by atoms with E-state index in [1.807, 2.05) is 24.3 Å². The molecule has 0 unspecified atom stereocenters. The van der Waals surface area contributed by atoms with Crippen molar-refractivity contribution in [1.82, 2.24) is 14.9 Å². The van der Waals surface area contributed by atoms with Crippen molar-refractivity contribution >= 4 is 40.0 Å². The number of morpholine rings is 1. The van der Waals surface area contributed by atoms with Crippen LogP contribution < -0.4 is 10.6 Å². The molecule has 0 aromatic heterocycles. The van der Waals surface area contributed by atoms with E-state index in [4.69, 9.17) is 4.74 Å². The Morgan fingerprint density at radius 2 is 1.65 bits per heavy atom. The van der Waals surface area contributed by atoms with Crippen molar-refractivity contribution in [3.63, 3.8) is 0 Å². The lowest BCUT2D eigenvalue weighted by Gasteiger charge is -2.26. The molecule has 31 heavy (non-hydrogen) atoms. The highest BCUT2D eigenvalue weighted by molar-refractivity contribution is 14.0. The summed E-state index contributed by atoms with van der Waals surface area (Å²) in [5.41, 5.74) is 2.57. The Morgan fingerprint density at radius 1 is 1.03 bits per heavy atom. The zero-order valence-electron chi connectivity index (χ0n) is 17.4. The molecule has 1 fully saturated rings. The van der Waals surface area contributed by atoms with E-state index in [-0.39, 0.29) is 35.5 Å². The molecular weight excluding hydrogens is 534 g/mol. The lowest BCUT2D eigenvalue weighted by atomic mass is 10.1. The topological polar surface area (TPSA) is 83.0 Å². The molecule has 0 amide bonds. The Bertz CT molecular complexity index is 965. The molecule has 0 aliphatic carbocycles. The van der Waals surface area contributed by atoms with Crippen LogP contribution in [0.4, 0.5) is 4.39 Å². The van der Waals surface area contributed by atoms with Gasteiger partial charge < -0.3 is 15.4 Å². The van der Waals surface area contributed by atoms with E-state index in [0.29, 0.717) is 45.4 Å². The van der Waals surface area contributed by atoms with Crippen molar-refractivity contribution in [2.24, 2.45) is 4.99 Å². The highest BCUT2D eigenvalue weighted by Gasteiger charge is 2.25. The van der Waals surface area contributed by atoms with E-state index < -0.39 is 10.0 Å². The van der Waals surface area contributed by atoms with Crippen molar-refractivity contribution in [1.29, 1.82) is 0 Å². The number of guanidine groups is 1. The van der Waals surface area contributed by atoms with Gasteiger partial charge in [0, 0.05) is 33.2 Å². The summed E-state index contributed by atoms with van der Waals surface area (Å²) >= 11 is 0. The van der Waals surface area contributed by atoms with Crippen molar-refractivity contribution in [3.8, 4) is 0 Å². The van der Waals surface area contributed by atoms with Gasteiger partial charge in [-0.15, -0.1) is 24.0 Å². The van der Waals surface area contributed by atoms with Crippen molar-refractivity contribution in [2.45, 2.75) is 18.8 Å². The van der Waals surface area contributed by atoms with Crippen LogP contribution in [0.3, 0.4) is 0 Å². The Kier molecular flexibility index (Phi) is 10.1. The van der Waals surface area contributed by atoms with Gasteiger partial charge in [0.2, 0.25) is 10.0 Å². The molecule has 170 valence electrons. The second-order valence-electron chi connectivity index (χ2n) is 6.94. The Labute approximate surface area is 200 Å². The number of benzene rings is 2. The number of nitrogens with one attached hydrogen (secondary N) is 2. The quantitative estimate of drug-likeness (QED) is 0.308. The first-order chi connectivity index (χ1) is 14.5. The first-order valence-electron chi connectivity index (χ1n) is 9.79. The second kappa shape index (κ2) is 12.3. The Morgan fingerprint density at radius 3 is 2.29 bits per heavy atom. The van der Waals surface area contributed by atoms with Crippen LogP contribution in [-0.4, -0.2) is 52.0 Å². The van der Waals surface area contributed by atoms with E-state index in [2.05, 4.69) is 15.6 Å². The van der Waals surface area contributed by atoms with Gasteiger partial charge in [-0.25, -0.2) is 12.8 Å². The van der Waals surface area contributed by atoms with Gasteiger partial charge in [-0.3, -0.25) is 4.99 Å². The normalized spacial score (nSPS) is 15.2. The monoisotopic (exact) mass is 562 g/mol. The van der Waals surface area contributed by atoms with Crippen LogP contribution in [0.2, 0.25) is 0 Å². The highest BCUT2D eigenvalue weighted by Crippen LogP contribution is 2.16. The third kappa shape index (κ3) is 7.70. The van der Waals surface area contributed by atoms with Gasteiger partial charge in [-0.05, 0) is 28.8 Å². The molecule has 10 heteroatoms. The Balaban J connectivity index is 0.00000341. The number of halogens is 2. The van der Waals surface area contributed by atoms with Gasteiger partial charge >= 0.3 is 0 Å². The van der Waals surface area contributed by atoms with Crippen LogP contribution in [0.25, 0.3) is 0 Å². The standard InChI is InChI=1S/C21H27FN4O3S.HI/c1-23-21(24-14-17-6-8-20(22)9-7-17)25-15-18-4-2-3-5-19(18)16-30(27,28)26-10-12-29-13-11-26;/h2-9H,10-16H2,1H3,(H2,23,24,25);1H. The first-order valence-corrected chi connectivity index (χ1v) is 11.4. The van der Waals surface area contributed by atoms with Gasteiger partial charge in [0.25, 0.3) is 0 Å². The minimum absolute atomic E-state index is 0. The number of hydrogen-bond acceptors (Lipinski definition) is 4. The van der Waals surface area contributed by atoms with Crippen LogP contribution in [0.5, 0.6) is 0 Å². The second-order valence-corrected chi connectivity index (χ2v) is 8.91. The summed E-state index contributed by atoms with van der Waals surface area (Å²) in [6, 6.07) is 13.7. The molecule has 0 atom stereocenters. The maximum absolute atomic E-state index is 13.0. The molecule has 0 spiro atoms. The molecule has 1 saturated heterocycles. The van der Waals surface area contributed by atoms with Crippen LogP contribution >= 0.6 is 24.0 Å². The largest absolute Gasteiger partial charge is 0.379 e. The average Bonchev–Trinajstić information content (AvgIpc) is 2.76. The van der Waals surface area contributed by atoms with E-state index >= 15 is 0 Å². The third-order valence-corrected chi connectivity index (χ3v) is 6.69. The van der Waals surface area contributed by atoms with Gasteiger partial charge in [0.05, 0.1) is 19.0 Å². The van der Waals surface area contributed by atoms with E-state index in [1.54, 1.807) is 19.2 Å². The SMILES string of the molecule is CN=C(NCc1ccc(F)cc1)NCc1ccccc1CS(=O)(=O)N1CCOCC1.I. The molecule has 3 rings (SSSR count). The van der Waals surface area contributed by atoms with E-state index in [9.17, 15) is 12.8 Å². The molecule has 2 N–H and O–H groups in total. The fourth-order valence-corrected chi connectivity index (χ4v) is 4.73. The number of aliphatic imine (C=N–C) groups is 1. The number of nitrogens with zero attached hydrogens (tertiary/aromatic N) is 2. The summed E-state index contributed by atoms with van der Waals surface area (Å²) in [6.07, 6.45) is 0. The lowest BCUT2D eigenvalue weighted by molar-refractivity contribution is 0.0729. The predicted molar refractivity (Wildman–Crippen MR) is 130 cm³/mol. The molecule has 1 aliphatic heterocycles. The van der Waals surface area contributed by atoms with Crippen molar-refractivity contribution in [2.75, 3.05) is 33.4 Å². The molecule has 7 nitrogen and oxygen atoms in total. The summed E-state index contributed by atoms with van der Waals surface area (Å²) < 4.78 is 45.3. The van der Waals surface area contributed by atoms with Gasteiger partial charge in [0.1, 0.15) is 5.82 Å². The molecule has 0 radical (unpaired) electrons. The average molecular weight is 562 g/mol. The van der Waals surface area contributed by atoms with E-state index in [1.165, 1.54) is 16.4 Å². The molecular formula is C21H28FIN4O3S. The van der Waals surface area contributed by atoms with Crippen LogP contribution in [0.1, 0.15) is 16.7 Å². The molecule has 1 heterocycles. The van der Waals surface area contributed by atoms with Crippen LogP contribution in [-0.2, 0) is 33.6 Å². The summed E-state index contributed by atoms with van der Waals surface area (Å²) in [5.74, 6) is 0.252. The highest BCUT2D eigenvalue weighted by atomic mass is 127. The fraction of sp³-hybridized carbons (Fsp3) is 0.381. The molecule has 1 aliphatic rings. The van der Waals surface area contributed by atoms with E-state index in [0.717, 1.165) is 16.7 Å². The fourth-order valence-electron chi connectivity index (χ4n) is 3.17. The smallest absolute Gasteiger partial charge is 0.218 e. The predicted octanol–water partition coefficient (Wildman–Crippen LogP) is 2.47. The van der Waals surface area contributed by atoms with Gasteiger partial charge in [-0.2, -0.15) is 4.31 Å². The number of hydrogen-bond donors (Lipinski definition) is 2. The maximum Gasteiger partial charge on any atom is 0.218 e. The molecule has 0 saturated carbocycles. The minimum atomic E-state index is -3.40. The molecule has 2 aromatic rings. The summed E-state index contributed by atoms with van der Waals surface area (Å²) in [6.45, 7) is 2.56. The zero-order chi connectivity index (χ0) is 21.4. The molecule has 2 aromatic carbocycles. The van der Waals surface area contributed by atoms with Crippen LogP contribution in [0, 0.1) is 5.82 Å². The number of ether oxygens (including phenoxy) is 1. The zero-order valence-corrected chi connectivity index (χ0v) is 20.5. The van der Waals surface area contributed by atoms with Crippen LogP contribution in [0.15, 0.2) is 53.5 Å². The summed E-state index contributed by atoms with van der Waals surface area (Å²) in [7, 11) is -1.74. The lowest BCUT2D eigenvalue weighted by Crippen LogP contribution is -2.41. The number of rotatable bonds is 7. The Hall–Kier alpha value is -1.76. The van der Waals surface area contributed by atoms with Gasteiger partial charge in [-0.1, -0.05) is 36.4 Å². The molecule has 0 bridgehead atoms. The minimum Gasteiger partial charge on any atom is -0.379 e. The summed E-state index contributed by atoms with van der Waals surface area (Å²) in [5, 5.41) is 6.38. The maximum atomic E-state index is 13.0. The van der Waals surface area contributed by atoms with Gasteiger partial charge in [0.15, 0.2) is 5.96 Å². The van der Waals surface area contributed by atoms with Crippen molar-refractivity contribution < 1.29 is 17.5 Å².